The first-order valence-corrected chi connectivity index (χ1v) is 5.36. The first kappa shape index (κ1) is 11.9. The zero-order valence-corrected chi connectivity index (χ0v) is 9.55. The zero-order valence-electron chi connectivity index (χ0n) is 9.55. The van der Waals surface area contributed by atoms with E-state index in [4.69, 9.17) is 0 Å². The zero-order chi connectivity index (χ0) is 12.6. The summed E-state index contributed by atoms with van der Waals surface area (Å²) in [7, 11) is 0. The maximum Gasteiger partial charge on any atom is 0.417 e. The van der Waals surface area contributed by atoms with Crippen LogP contribution in [0.15, 0.2) is 30.5 Å². The summed E-state index contributed by atoms with van der Waals surface area (Å²) in [4.78, 5) is 4.08. The van der Waals surface area contributed by atoms with Gasteiger partial charge in [0.2, 0.25) is 0 Å². The second kappa shape index (κ2) is 4.02. The molecule has 1 nitrogen and oxygen atoms in total. The highest BCUT2D eigenvalue weighted by molar-refractivity contribution is 5.85. The molecule has 0 unspecified atom stereocenters. The maximum atomic E-state index is 12.8. The Morgan fingerprint density at radius 2 is 1.82 bits per heavy atom. The number of aromatic nitrogens is 1. The number of benzene rings is 1. The van der Waals surface area contributed by atoms with Crippen molar-refractivity contribution in [3.05, 3.63) is 41.6 Å². The molecule has 0 aliphatic carbocycles. The summed E-state index contributed by atoms with van der Waals surface area (Å²) < 4.78 is 38.5. The molecule has 0 radical (unpaired) electrons. The van der Waals surface area contributed by atoms with Gasteiger partial charge in [0.05, 0.1) is 11.1 Å². The summed E-state index contributed by atoms with van der Waals surface area (Å²) in [5, 5.41) is 0.172. The Balaban J connectivity index is 2.80. The van der Waals surface area contributed by atoms with Gasteiger partial charge in [-0.05, 0) is 23.6 Å². The molecule has 0 amide bonds. The van der Waals surface area contributed by atoms with Gasteiger partial charge in [-0.2, -0.15) is 13.2 Å². The van der Waals surface area contributed by atoms with Crippen molar-refractivity contribution in [3.63, 3.8) is 0 Å². The van der Waals surface area contributed by atoms with Crippen LogP contribution in [-0.2, 0) is 6.18 Å². The molecular weight excluding hydrogens is 227 g/mol. The first-order valence-electron chi connectivity index (χ1n) is 5.36. The van der Waals surface area contributed by atoms with Gasteiger partial charge in [-0.1, -0.05) is 26.0 Å². The molecule has 0 saturated carbocycles. The number of alkyl halides is 3. The number of fused-ring (bicyclic) bond motifs is 1. The van der Waals surface area contributed by atoms with Crippen molar-refractivity contribution < 1.29 is 13.2 Å². The van der Waals surface area contributed by atoms with E-state index in [2.05, 4.69) is 4.98 Å². The molecule has 2 rings (SSSR count). The molecule has 0 aliphatic rings. The molecule has 1 heterocycles. The van der Waals surface area contributed by atoms with Crippen molar-refractivity contribution >= 4 is 10.9 Å². The van der Waals surface area contributed by atoms with Crippen LogP contribution in [0.5, 0.6) is 0 Å². The molecular formula is C13H12F3N. The lowest BCUT2D eigenvalue weighted by atomic mass is 9.96. The van der Waals surface area contributed by atoms with Crippen LogP contribution in [0.1, 0.15) is 30.9 Å². The molecule has 1 aromatic heterocycles. The smallest absolute Gasteiger partial charge is 0.256 e. The maximum absolute atomic E-state index is 12.8. The Morgan fingerprint density at radius 1 is 1.12 bits per heavy atom. The summed E-state index contributed by atoms with van der Waals surface area (Å²) in [5.74, 6) is 0.148. The Hall–Kier alpha value is -1.58. The summed E-state index contributed by atoms with van der Waals surface area (Å²) in [6.07, 6.45) is -2.81. The summed E-state index contributed by atoms with van der Waals surface area (Å²) in [6, 6.07) is 5.65. The highest BCUT2D eigenvalue weighted by atomic mass is 19.4. The molecule has 0 N–H and O–H groups in total. The SMILES string of the molecule is CC(C)c1ccc(C(F)(F)F)c2cccnc12. The fraction of sp³-hybridized carbons (Fsp3) is 0.308. The number of hydrogen-bond donors (Lipinski definition) is 0. The molecule has 1 aromatic carbocycles. The van der Waals surface area contributed by atoms with Gasteiger partial charge in [0.1, 0.15) is 0 Å². The van der Waals surface area contributed by atoms with Crippen molar-refractivity contribution in [2.24, 2.45) is 0 Å². The minimum Gasteiger partial charge on any atom is -0.256 e. The van der Waals surface area contributed by atoms with Gasteiger partial charge in [0.15, 0.2) is 0 Å². The van der Waals surface area contributed by atoms with Crippen LogP contribution < -0.4 is 0 Å². The molecule has 4 heteroatoms. The third-order valence-corrected chi connectivity index (χ3v) is 2.73. The Kier molecular flexibility index (Phi) is 2.81. The second-order valence-corrected chi connectivity index (χ2v) is 4.25. The van der Waals surface area contributed by atoms with Crippen LogP contribution in [0, 0.1) is 0 Å². The molecule has 0 aliphatic heterocycles. The van der Waals surface area contributed by atoms with Crippen molar-refractivity contribution in [2.75, 3.05) is 0 Å². The average Bonchev–Trinajstić information content (AvgIpc) is 2.26. The highest BCUT2D eigenvalue weighted by Gasteiger charge is 2.33. The van der Waals surface area contributed by atoms with Gasteiger partial charge in [-0.15, -0.1) is 0 Å². The Morgan fingerprint density at radius 3 is 2.41 bits per heavy atom. The van der Waals surface area contributed by atoms with E-state index >= 15 is 0 Å². The number of rotatable bonds is 1. The van der Waals surface area contributed by atoms with E-state index in [1.54, 1.807) is 0 Å². The molecule has 0 spiro atoms. The molecule has 0 bridgehead atoms. The minimum absolute atomic E-state index is 0.148. The fourth-order valence-electron chi connectivity index (χ4n) is 1.91. The number of halogens is 3. The van der Waals surface area contributed by atoms with Crippen LogP contribution >= 0.6 is 0 Å². The number of pyridine rings is 1. The van der Waals surface area contributed by atoms with Gasteiger partial charge in [0.25, 0.3) is 0 Å². The van der Waals surface area contributed by atoms with E-state index < -0.39 is 11.7 Å². The van der Waals surface area contributed by atoms with Crippen LogP contribution in [0.25, 0.3) is 10.9 Å². The van der Waals surface area contributed by atoms with Crippen molar-refractivity contribution in [2.45, 2.75) is 25.9 Å². The van der Waals surface area contributed by atoms with Gasteiger partial charge in [-0.3, -0.25) is 4.98 Å². The fourth-order valence-corrected chi connectivity index (χ4v) is 1.91. The molecule has 0 atom stereocenters. The summed E-state index contributed by atoms with van der Waals surface area (Å²) in [6.45, 7) is 3.88. The topological polar surface area (TPSA) is 12.9 Å². The van der Waals surface area contributed by atoms with E-state index in [0.717, 1.165) is 11.6 Å². The largest absolute Gasteiger partial charge is 0.417 e. The number of nitrogens with zero attached hydrogens (tertiary/aromatic N) is 1. The third kappa shape index (κ3) is 2.12. The first-order chi connectivity index (χ1) is 7.91. The van der Waals surface area contributed by atoms with E-state index in [-0.39, 0.29) is 11.3 Å². The van der Waals surface area contributed by atoms with Gasteiger partial charge >= 0.3 is 6.18 Å². The molecule has 17 heavy (non-hydrogen) atoms. The molecule has 2 aromatic rings. The second-order valence-electron chi connectivity index (χ2n) is 4.25. The van der Waals surface area contributed by atoms with Crippen molar-refractivity contribution in [1.82, 2.24) is 4.98 Å². The summed E-state index contributed by atoms with van der Waals surface area (Å²) >= 11 is 0. The lowest BCUT2D eigenvalue weighted by Gasteiger charge is -2.14. The minimum atomic E-state index is -4.34. The lowest BCUT2D eigenvalue weighted by molar-refractivity contribution is -0.136. The van der Waals surface area contributed by atoms with Crippen LogP contribution in [0.2, 0.25) is 0 Å². The van der Waals surface area contributed by atoms with Gasteiger partial charge in [-0.25, -0.2) is 0 Å². The van der Waals surface area contributed by atoms with Gasteiger partial charge < -0.3 is 0 Å². The monoisotopic (exact) mass is 239 g/mol. The van der Waals surface area contributed by atoms with E-state index in [1.165, 1.54) is 24.4 Å². The molecule has 90 valence electrons. The predicted octanol–water partition coefficient (Wildman–Crippen LogP) is 4.38. The standard InChI is InChI=1S/C13H12F3N/c1-8(2)9-5-6-11(13(14,15)16)10-4-3-7-17-12(9)10/h3-8H,1-2H3. The quantitative estimate of drug-likeness (QED) is 0.719. The Labute approximate surface area is 97.3 Å². The Bertz CT molecular complexity index is 544. The lowest BCUT2D eigenvalue weighted by Crippen LogP contribution is -2.07. The predicted molar refractivity (Wildman–Crippen MR) is 60.8 cm³/mol. The molecule has 0 saturated heterocycles. The summed E-state index contributed by atoms with van der Waals surface area (Å²) in [5.41, 5.74) is 0.663. The van der Waals surface area contributed by atoms with Crippen LogP contribution in [0.3, 0.4) is 0 Å². The van der Waals surface area contributed by atoms with Crippen LogP contribution in [0.4, 0.5) is 13.2 Å². The van der Waals surface area contributed by atoms with Gasteiger partial charge in [0, 0.05) is 11.6 Å². The average molecular weight is 239 g/mol. The molecule has 0 fully saturated rings. The van der Waals surface area contributed by atoms with E-state index in [0.29, 0.717) is 5.52 Å². The highest BCUT2D eigenvalue weighted by Crippen LogP contribution is 2.36. The van der Waals surface area contributed by atoms with E-state index in [9.17, 15) is 13.2 Å². The number of hydrogen-bond acceptors (Lipinski definition) is 1. The van der Waals surface area contributed by atoms with Crippen molar-refractivity contribution in [1.29, 1.82) is 0 Å². The van der Waals surface area contributed by atoms with E-state index in [1.807, 2.05) is 13.8 Å². The normalized spacial score (nSPS) is 12.4. The van der Waals surface area contributed by atoms with Crippen molar-refractivity contribution in [3.8, 4) is 0 Å². The third-order valence-electron chi connectivity index (χ3n) is 2.73. The van der Waals surface area contributed by atoms with Crippen LogP contribution in [-0.4, -0.2) is 4.98 Å².